The first-order chi connectivity index (χ1) is 9.42. The molecule has 1 amide bonds. The maximum absolute atomic E-state index is 12.0. The molecule has 0 aliphatic heterocycles. The smallest absolute Gasteiger partial charge is 0.224 e. The van der Waals surface area contributed by atoms with Crippen molar-refractivity contribution in [3.8, 4) is 0 Å². The highest BCUT2D eigenvalue weighted by molar-refractivity contribution is 5.90. The predicted octanol–water partition coefficient (Wildman–Crippen LogP) is 2.10. The van der Waals surface area contributed by atoms with Gasteiger partial charge in [-0.25, -0.2) is 4.98 Å². The average molecular weight is 278 g/mol. The molecule has 0 spiro atoms. The number of hydrogen-bond acceptors (Lipinski definition) is 4. The molecular formula is C15H26N4O. The minimum absolute atomic E-state index is 0.000466. The number of nitrogens with two attached hydrogens (primary N) is 1. The summed E-state index contributed by atoms with van der Waals surface area (Å²) < 4.78 is 0. The van der Waals surface area contributed by atoms with Crippen molar-refractivity contribution in [2.24, 2.45) is 17.6 Å². The summed E-state index contributed by atoms with van der Waals surface area (Å²) in [5.74, 6) is 1.66. The van der Waals surface area contributed by atoms with E-state index < -0.39 is 0 Å². The zero-order valence-corrected chi connectivity index (χ0v) is 12.9. The summed E-state index contributed by atoms with van der Waals surface area (Å²) in [6, 6.07) is 3.74. The lowest BCUT2D eigenvalue weighted by Crippen LogP contribution is -2.23. The number of amides is 1. The first-order valence-electron chi connectivity index (χ1n) is 7.05. The van der Waals surface area contributed by atoms with Gasteiger partial charge in [0.25, 0.3) is 0 Å². The lowest BCUT2D eigenvalue weighted by molar-refractivity contribution is -0.117. The molecule has 0 unspecified atom stereocenters. The van der Waals surface area contributed by atoms with Crippen LogP contribution in [0.25, 0.3) is 0 Å². The Kier molecular flexibility index (Phi) is 6.45. The Bertz CT molecular complexity index is 414. The van der Waals surface area contributed by atoms with Gasteiger partial charge in [0.1, 0.15) is 5.82 Å². The Labute approximate surface area is 121 Å². The molecule has 112 valence electrons. The van der Waals surface area contributed by atoms with Crippen LogP contribution in [0.15, 0.2) is 18.3 Å². The number of anilines is 2. The molecule has 1 heterocycles. The van der Waals surface area contributed by atoms with Crippen LogP contribution >= 0.6 is 0 Å². The molecule has 3 N–H and O–H groups in total. The summed E-state index contributed by atoms with van der Waals surface area (Å²) in [4.78, 5) is 18.2. The normalized spacial score (nSPS) is 12.3. The number of carbonyl (C=O) groups is 1. The van der Waals surface area contributed by atoms with Crippen LogP contribution in [0.2, 0.25) is 0 Å². The molecule has 0 aliphatic carbocycles. The van der Waals surface area contributed by atoms with Gasteiger partial charge in [-0.05, 0) is 36.9 Å². The highest BCUT2D eigenvalue weighted by Gasteiger charge is 2.14. The molecule has 0 saturated carbocycles. The molecule has 0 bridgehead atoms. The van der Waals surface area contributed by atoms with Gasteiger partial charge in [0.05, 0.1) is 11.9 Å². The van der Waals surface area contributed by atoms with E-state index in [9.17, 15) is 4.79 Å². The largest absolute Gasteiger partial charge is 0.363 e. The van der Waals surface area contributed by atoms with Crippen molar-refractivity contribution in [2.75, 3.05) is 30.9 Å². The Balaban J connectivity index is 2.52. The third-order valence-electron chi connectivity index (χ3n) is 3.10. The summed E-state index contributed by atoms with van der Waals surface area (Å²) in [7, 11) is 3.86. The van der Waals surface area contributed by atoms with E-state index in [0.717, 1.165) is 17.9 Å². The molecule has 0 aromatic carbocycles. The number of rotatable bonds is 7. The quantitative estimate of drug-likeness (QED) is 0.801. The van der Waals surface area contributed by atoms with E-state index in [2.05, 4.69) is 24.1 Å². The van der Waals surface area contributed by atoms with E-state index in [4.69, 9.17) is 5.73 Å². The van der Waals surface area contributed by atoms with Gasteiger partial charge in [-0.2, -0.15) is 0 Å². The van der Waals surface area contributed by atoms with Crippen molar-refractivity contribution >= 4 is 17.4 Å². The summed E-state index contributed by atoms with van der Waals surface area (Å²) in [5.41, 5.74) is 6.44. The highest BCUT2D eigenvalue weighted by Crippen LogP contribution is 2.16. The first kappa shape index (κ1) is 16.4. The third-order valence-corrected chi connectivity index (χ3v) is 3.10. The van der Waals surface area contributed by atoms with Crippen LogP contribution in [0.5, 0.6) is 0 Å². The van der Waals surface area contributed by atoms with Crippen molar-refractivity contribution in [2.45, 2.75) is 26.7 Å². The second-order valence-electron chi connectivity index (χ2n) is 5.78. The molecule has 0 fully saturated rings. The van der Waals surface area contributed by atoms with Crippen LogP contribution in [0.1, 0.15) is 26.7 Å². The fourth-order valence-electron chi connectivity index (χ4n) is 2.13. The monoisotopic (exact) mass is 278 g/mol. The summed E-state index contributed by atoms with van der Waals surface area (Å²) >= 11 is 0. The first-order valence-corrected chi connectivity index (χ1v) is 7.05. The van der Waals surface area contributed by atoms with Gasteiger partial charge >= 0.3 is 0 Å². The van der Waals surface area contributed by atoms with Gasteiger partial charge < -0.3 is 16.0 Å². The molecule has 20 heavy (non-hydrogen) atoms. The standard InChI is InChI=1S/C15H26N4O/c1-11(2)7-12(9-16)8-15(20)18-13-5-6-14(17-10-13)19(3)4/h5-6,10-12H,7-9,16H2,1-4H3,(H,18,20)/t12-/m0/s1. The van der Waals surface area contributed by atoms with Crippen LogP contribution in [-0.2, 0) is 4.79 Å². The predicted molar refractivity (Wildman–Crippen MR) is 83.8 cm³/mol. The van der Waals surface area contributed by atoms with Gasteiger partial charge in [0.15, 0.2) is 0 Å². The minimum atomic E-state index is 0.000466. The Morgan fingerprint density at radius 1 is 1.40 bits per heavy atom. The number of hydrogen-bond donors (Lipinski definition) is 2. The molecule has 0 radical (unpaired) electrons. The summed E-state index contributed by atoms with van der Waals surface area (Å²) in [6.07, 6.45) is 3.11. The molecule has 1 atom stereocenters. The van der Waals surface area contributed by atoms with Gasteiger partial charge in [-0.1, -0.05) is 13.8 Å². The SMILES string of the molecule is CC(C)C[C@H](CN)CC(=O)Nc1ccc(N(C)C)nc1. The van der Waals surface area contributed by atoms with Gasteiger partial charge in [-0.3, -0.25) is 4.79 Å². The zero-order chi connectivity index (χ0) is 15.1. The number of nitrogens with zero attached hydrogens (tertiary/aromatic N) is 2. The van der Waals surface area contributed by atoms with Gasteiger partial charge in [0.2, 0.25) is 5.91 Å². The lowest BCUT2D eigenvalue weighted by atomic mass is 9.94. The number of aromatic nitrogens is 1. The highest BCUT2D eigenvalue weighted by atomic mass is 16.1. The van der Waals surface area contributed by atoms with Crippen LogP contribution in [0.3, 0.4) is 0 Å². The maximum atomic E-state index is 12.0. The van der Waals surface area contributed by atoms with Crippen molar-refractivity contribution in [1.29, 1.82) is 0 Å². The van der Waals surface area contributed by atoms with E-state index in [1.54, 1.807) is 6.20 Å². The van der Waals surface area contributed by atoms with Crippen LogP contribution in [0.4, 0.5) is 11.5 Å². The second-order valence-corrected chi connectivity index (χ2v) is 5.78. The second kappa shape index (κ2) is 7.85. The fraction of sp³-hybridized carbons (Fsp3) is 0.600. The lowest BCUT2D eigenvalue weighted by Gasteiger charge is -2.17. The molecule has 5 heteroatoms. The number of pyridine rings is 1. The van der Waals surface area contributed by atoms with Crippen molar-refractivity contribution in [1.82, 2.24) is 4.98 Å². The van der Waals surface area contributed by atoms with Gasteiger partial charge in [0, 0.05) is 20.5 Å². The molecular weight excluding hydrogens is 252 g/mol. The Morgan fingerprint density at radius 3 is 2.55 bits per heavy atom. The Hall–Kier alpha value is -1.62. The summed E-state index contributed by atoms with van der Waals surface area (Å²) in [6.45, 7) is 4.83. The van der Waals surface area contributed by atoms with E-state index in [-0.39, 0.29) is 11.8 Å². The van der Waals surface area contributed by atoms with Crippen molar-refractivity contribution in [3.63, 3.8) is 0 Å². The number of nitrogens with one attached hydrogen (secondary N) is 1. The van der Waals surface area contributed by atoms with Crippen LogP contribution < -0.4 is 16.0 Å². The molecule has 5 nitrogen and oxygen atoms in total. The van der Waals surface area contributed by atoms with Crippen molar-refractivity contribution in [3.05, 3.63) is 18.3 Å². The molecule has 0 saturated heterocycles. The van der Waals surface area contributed by atoms with E-state index in [1.807, 2.05) is 31.1 Å². The summed E-state index contributed by atoms with van der Waals surface area (Å²) in [5, 5.41) is 2.87. The number of carbonyl (C=O) groups excluding carboxylic acids is 1. The van der Waals surface area contributed by atoms with Crippen LogP contribution in [0, 0.1) is 11.8 Å². The van der Waals surface area contributed by atoms with Crippen LogP contribution in [-0.4, -0.2) is 31.5 Å². The zero-order valence-electron chi connectivity index (χ0n) is 12.9. The van der Waals surface area contributed by atoms with E-state index in [1.165, 1.54) is 0 Å². The third kappa shape index (κ3) is 5.57. The minimum Gasteiger partial charge on any atom is -0.363 e. The topological polar surface area (TPSA) is 71.2 Å². The molecule has 1 rings (SSSR count). The van der Waals surface area contributed by atoms with Crippen molar-refractivity contribution < 1.29 is 4.79 Å². The van der Waals surface area contributed by atoms with Gasteiger partial charge in [-0.15, -0.1) is 0 Å². The molecule has 1 aromatic rings. The average Bonchev–Trinajstić information content (AvgIpc) is 2.37. The molecule has 0 aliphatic rings. The Morgan fingerprint density at radius 2 is 2.10 bits per heavy atom. The van der Waals surface area contributed by atoms with E-state index >= 15 is 0 Å². The molecule has 1 aromatic heterocycles. The maximum Gasteiger partial charge on any atom is 0.224 e. The fourth-order valence-corrected chi connectivity index (χ4v) is 2.13. The van der Waals surface area contributed by atoms with E-state index in [0.29, 0.717) is 18.9 Å².